The average molecular weight is 580 g/mol. The first-order valence-corrected chi connectivity index (χ1v) is 15.1. The number of amides is 1. The summed E-state index contributed by atoms with van der Waals surface area (Å²) in [5.41, 5.74) is 0.913. The molecular weight excluding hydrogens is 558 g/mol. The Morgan fingerprint density at radius 3 is 2.92 bits per heavy atom. The normalized spacial score (nSPS) is 18.8. The summed E-state index contributed by atoms with van der Waals surface area (Å²) in [5.74, 6) is -0.185. The molecule has 37 heavy (non-hydrogen) atoms. The zero-order chi connectivity index (χ0) is 25.6. The van der Waals surface area contributed by atoms with Gasteiger partial charge in [-0.15, -0.1) is 27.8 Å². The largest absolute Gasteiger partial charge is 0.375 e. The molecule has 0 spiro atoms. The first-order valence-electron chi connectivity index (χ1n) is 11.7. The zero-order valence-electron chi connectivity index (χ0n) is 19.5. The SMILES string of the molecule is O=C(c1nc2c(s1)COCC2)N1CCN(S(=O)(=O)c2cc3ccc(Cl)cc3s2)CC1CCn1cnnn1. The summed E-state index contributed by atoms with van der Waals surface area (Å²) in [6.07, 6.45) is 2.67. The lowest BCUT2D eigenvalue weighted by Gasteiger charge is -2.40. The minimum atomic E-state index is -3.76. The third kappa shape index (κ3) is 4.89. The number of aromatic nitrogens is 5. The fourth-order valence-electron chi connectivity index (χ4n) is 4.60. The van der Waals surface area contributed by atoms with Gasteiger partial charge in [0.1, 0.15) is 10.5 Å². The van der Waals surface area contributed by atoms with Crippen LogP contribution in [0.3, 0.4) is 0 Å². The number of piperazine rings is 1. The summed E-state index contributed by atoms with van der Waals surface area (Å²) >= 11 is 8.65. The molecule has 6 rings (SSSR count). The number of hydrogen-bond donors (Lipinski definition) is 0. The Morgan fingerprint density at radius 2 is 2.11 bits per heavy atom. The first kappa shape index (κ1) is 24.8. The van der Waals surface area contributed by atoms with Crippen LogP contribution in [0.25, 0.3) is 10.1 Å². The van der Waals surface area contributed by atoms with Crippen molar-refractivity contribution in [2.45, 2.75) is 36.2 Å². The second-order valence-corrected chi connectivity index (χ2v) is 13.6. The van der Waals surface area contributed by atoms with Crippen LogP contribution in [0.15, 0.2) is 34.8 Å². The van der Waals surface area contributed by atoms with Crippen molar-refractivity contribution in [2.75, 3.05) is 26.2 Å². The fraction of sp³-hybridized carbons (Fsp3) is 0.409. The lowest BCUT2D eigenvalue weighted by atomic mass is 10.1. The summed E-state index contributed by atoms with van der Waals surface area (Å²) in [6, 6.07) is 6.64. The smallest absolute Gasteiger partial charge is 0.283 e. The average Bonchev–Trinajstić information content (AvgIpc) is 3.66. The standard InChI is InChI=1S/C22H22ClN7O4S3/c23-15-2-1-14-9-20(35-18(14)10-15)37(32,33)29-6-7-30(16(11-29)3-5-28-13-24-26-27-28)22(31)21-25-17-4-8-34-12-19(17)36-21/h1-2,9-10,13,16H,3-8,11-12H2. The number of benzene rings is 1. The molecule has 15 heteroatoms. The van der Waals surface area contributed by atoms with E-state index in [1.54, 1.807) is 27.8 Å². The molecule has 0 bridgehead atoms. The summed E-state index contributed by atoms with van der Waals surface area (Å²) < 4.78 is 36.9. The Balaban J connectivity index is 1.26. The molecule has 194 valence electrons. The predicted molar refractivity (Wildman–Crippen MR) is 138 cm³/mol. The van der Waals surface area contributed by atoms with E-state index in [0.717, 1.165) is 20.7 Å². The molecule has 3 aromatic heterocycles. The number of tetrazole rings is 1. The van der Waals surface area contributed by atoms with Crippen LogP contribution < -0.4 is 0 Å². The third-order valence-corrected chi connectivity index (χ3v) is 11.2. The molecule has 1 fully saturated rings. The summed E-state index contributed by atoms with van der Waals surface area (Å²) in [5, 5.41) is 13.0. The van der Waals surface area contributed by atoms with Crippen molar-refractivity contribution in [1.29, 1.82) is 0 Å². The molecule has 11 nitrogen and oxygen atoms in total. The van der Waals surface area contributed by atoms with Gasteiger partial charge in [0.05, 0.1) is 23.8 Å². The highest BCUT2D eigenvalue weighted by Gasteiger charge is 2.38. The van der Waals surface area contributed by atoms with Crippen LogP contribution in [0.2, 0.25) is 5.02 Å². The lowest BCUT2D eigenvalue weighted by molar-refractivity contribution is 0.0541. The van der Waals surface area contributed by atoms with Gasteiger partial charge in [-0.1, -0.05) is 17.7 Å². The van der Waals surface area contributed by atoms with Crippen LogP contribution in [0.4, 0.5) is 0 Å². The molecule has 5 heterocycles. The number of ether oxygens (including phenoxy) is 1. The van der Waals surface area contributed by atoms with E-state index in [4.69, 9.17) is 16.3 Å². The minimum Gasteiger partial charge on any atom is -0.375 e. The number of sulfonamides is 1. The molecule has 0 radical (unpaired) electrons. The van der Waals surface area contributed by atoms with Gasteiger partial charge in [0.25, 0.3) is 15.9 Å². The van der Waals surface area contributed by atoms with Crippen molar-refractivity contribution in [3.63, 3.8) is 0 Å². The van der Waals surface area contributed by atoms with E-state index in [1.807, 2.05) is 6.07 Å². The molecule has 0 saturated carbocycles. The van der Waals surface area contributed by atoms with E-state index in [-0.39, 0.29) is 35.8 Å². The van der Waals surface area contributed by atoms with Crippen LogP contribution in [0.1, 0.15) is 26.8 Å². The van der Waals surface area contributed by atoms with Crippen LogP contribution in [-0.4, -0.2) is 81.0 Å². The number of carbonyl (C=O) groups excluding carboxylic acids is 1. The van der Waals surface area contributed by atoms with Gasteiger partial charge in [-0.2, -0.15) is 4.31 Å². The van der Waals surface area contributed by atoms with E-state index in [2.05, 4.69) is 20.5 Å². The van der Waals surface area contributed by atoms with E-state index in [0.29, 0.717) is 42.6 Å². The molecule has 1 saturated heterocycles. The quantitative estimate of drug-likeness (QED) is 0.341. The highest BCUT2D eigenvalue weighted by molar-refractivity contribution is 7.91. The Kier molecular flexibility index (Phi) is 6.71. The van der Waals surface area contributed by atoms with Crippen LogP contribution in [0.5, 0.6) is 0 Å². The molecule has 4 aromatic rings. The maximum Gasteiger partial charge on any atom is 0.283 e. The van der Waals surface area contributed by atoms with Crippen LogP contribution >= 0.6 is 34.3 Å². The first-order chi connectivity index (χ1) is 17.9. The molecule has 2 aliphatic rings. The number of nitrogens with zero attached hydrogens (tertiary/aromatic N) is 7. The van der Waals surface area contributed by atoms with Gasteiger partial charge in [0.2, 0.25) is 0 Å². The number of halogens is 1. The second kappa shape index (κ2) is 10.0. The molecule has 1 aromatic carbocycles. The summed E-state index contributed by atoms with van der Waals surface area (Å²) in [4.78, 5) is 20.9. The van der Waals surface area contributed by atoms with Gasteiger partial charge in [-0.25, -0.2) is 18.1 Å². The van der Waals surface area contributed by atoms with Crippen molar-refractivity contribution < 1.29 is 17.9 Å². The minimum absolute atomic E-state index is 0.166. The zero-order valence-corrected chi connectivity index (χ0v) is 22.7. The van der Waals surface area contributed by atoms with Gasteiger partial charge < -0.3 is 9.64 Å². The lowest BCUT2D eigenvalue weighted by Crippen LogP contribution is -2.56. The molecule has 1 amide bonds. The number of hydrogen-bond acceptors (Lipinski definition) is 10. The molecule has 0 aliphatic carbocycles. The van der Waals surface area contributed by atoms with Crippen LogP contribution in [-0.2, 0) is 34.3 Å². The number of fused-ring (bicyclic) bond motifs is 2. The molecule has 2 aliphatic heterocycles. The highest BCUT2D eigenvalue weighted by atomic mass is 35.5. The topological polar surface area (TPSA) is 123 Å². The number of rotatable bonds is 6. The summed E-state index contributed by atoms with van der Waals surface area (Å²) in [6.45, 7) is 2.13. The monoisotopic (exact) mass is 579 g/mol. The molecule has 0 N–H and O–H groups in total. The van der Waals surface area contributed by atoms with Crippen molar-refractivity contribution in [2.24, 2.45) is 0 Å². The van der Waals surface area contributed by atoms with Gasteiger partial charge in [0.15, 0.2) is 5.01 Å². The van der Waals surface area contributed by atoms with Gasteiger partial charge >= 0.3 is 0 Å². The van der Waals surface area contributed by atoms with E-state index < -0.39 is 10.0 Å². The Bertz CT molecular complexity index is 1530. The maximum absolute atomic E-state index is 13.6. The van der Waals surface area contributed by atoms with E-state index >= 15 is 0 Å². The number of carbonyl (C=O) groups is 1. The molecule has 1 unspecified atom stereocenters. The van der Waals surface area contributed by atoms with Crippen molar-refractivity contribution >= 4 is 60.3 Å². The number of aryl methyl sites for hydroxylation is 1. The maximum atomic E-state index is 13.6. The Labute approximate surface area is 225 Å². The second-order valence-electron chi connectivity index (χ2n) is 8.82. The number of thiazole rings is 1. The summed E-state index contributed by atoms with van der Waals surface area (Å²) in [7, 11) is -3.76. The van der Waals surface area contributed by atoms with Crippen molar-refractivity contribution in [1.82, 2.24) is 34.4 Å². The number of thiophene rings is 1. The Hall–Kier alpha value is -2.49. The van der Waals surface area contributed by atoms with E-state index in [9.17, 15) is 13.2 Å². The van der Waals surface area contributed by atoms with Crippen molar-refractivity contribution in [3.05, 3.63) is 51.2 Å². The fourth-order valence-corrected chi connectivity index (χ4v) is 8.90. The molecular formula is C22H22ClN7O4S3. The van der Waals surface area contributed by atoms with Gasteiger partial charge in [0, 0.05) is 48.4 Å². The predicted octanol–water partition coefficient (Wildman–Crippen LogP) is 2.68. The van der Waals surface area contributed by atoms with Gasteiger partial charge in [-0.05, 0) is 40.4 Å². The Morgan fingerprint density at radius 1 is 1.22 bits per heavy atom. The van der Waals surface area contributed by atoms with Crippen molar-refractivity contribution in [3.8, 4) is 0 Å². The van der Waals surface area contributed by atoms with E-state index in [1.165, 1.54) is 33.3 Å². The van der Waals surface area contributed by atoms with Crippen LogP contribution in [0, 0.1) is 0 Å². The van der Waals surface area contributed by atoms with Gasteiger partial charge in [-0.3, -0.25) is 4.79 Å². The molecule has 1 atom stereocenters. The third-order valence-electron chi connectivity index (χ3n) is 6.52. The highest BCUT2D eigenvalue weighted by Crippen LogP contribution is 2.34.